The van der Waals surface area contributed by atoms with E-state index in [9.17, 15) is 0 Å². The predicted molar refractivity (Wildman–Crippen MR) is 73.3 cm³/mol. The van der Waals surface area contributed by atoms with Crippen LogP contribution in [0.5, 0.6) is 0 Å². The van der Waals surface area contributed by atoms with Gasteiger partial charge in [0, 0.05) is 24.2 Å². The normalized spacial score (nSPS) is 26.9. The standard InChI is InChI=1S/C13H23N3S/c1-3-12(13-15-6-7-17-13)16-9-11-8-10(2)4-5-14-11/h6-7,10-12,14,16H,3-5,8-9H2,1-2H3. The number of hydrogen-bond acceptors (Lipinski definition) is 4. The van der Waals surface area contributed by atoms with Gasteiger partial charge in [0.25, 0.3) is 0 Å². The Morgan fingerprint density at radius 2 is 2.53 bits per heavy atom. The van der Waals surface area contributed by atoms with E-state index in [1.165, 1.54) is 24.4 Å². The van der Waals surface area contributed by atoms with Gasteiger partial charge in [-0.3, -0.25) is 0 Å². The van der Waals surface area contributed by atoms with Gasteiger partial charge in [-0.1, -0.05) is 13.8 Å². The van der Waals surface area contributed by atoms with Crippen molar-refractivity contribution in [2.24, 2.45) is 5.92 Å². The van der Waals surface area contributed by atoms with Crippen LogP contribution in [0.2, 0.25) is 0 Å². The summed E-state index contributed by atoms with van der Waals surface area (Å²) in [5, 5.41) is 10.5. The number of hydrogen-bond donors (Lipinski definition) is 2. The molecule has 1 aliphatic heterocycles. The molecule has 96 valence electrons. The van der Waals surface area contributed by atoms with Gasteiger partial charge in [0.05, 0.1) is 6.04 Å². The van der Waals surface area contributed by atoms with Crippen molar-refractivity contribution in [1.82, 2.24) is 15.6 Å². The molecule has 3 atom stereocenters. The molecule has 0 saturated carbocycles. The SMILES string of the molecule is CCC(NCC1CC(C)CCN1)c1nccs1. The lowest BCUT2D eigenvalue weighted by Gasteiger charge is -2.29. The molecular weight excluding hydrogens is 230 g/mol. The maximum atomic E-state index is 4.40. The van der Waals surface area contributed by atoms with Crippen LogP contribution >= 0.6 is 11.3 Å². The Bertz CT molecular complexity index is 312. The van der Waals surface area contributed by atoms with Gasteiger partial charge < -0.3 is 10.6 Å². The lowest BCUT2D eigenvalue weighted by Crippen LogP contribution is -2.44. The predicted octanol–water partition coefficient (Wildman–Crippen LogP) is 2.57. The van der Waals surface area contributed by atoms with Gasteiger partial charge in [0.1, 0.15) is 5.01 Å². The lowest BCUT2D eigenvalue weighted by molar-refractivity contribution is 0.302. The van der Waals surface area contributed by atoms with Crippen LogP contribution in [0, 0.1) is 5.92 Å². The molecule has 0 bridgehead atoms. The molecule has 0 radical (unpaired) electrons. The van der Waals surface area contributed by atoms with Gasteiger partial charge in [-0.15, -0.1) is 11.3 Å². The number of rotatable bonds is 5. The van der Waals surface area contributed by atoms with Gasteiger partial charge in [-0.25, -0.2) is 4.98 Å². The van der Waals surface area contributed by atoms with Gasteiger partial charge in [-0.05, 0) is 31.7 Å². The van der Waals surface area contributed by atoms with Crippen molar-refractivity contribution in [3.05, 3.63) is 16.6 Å². The summed E-state index contributed by atoms with van der Waals surface area (Å²) in [6.45, 7) is 6.80. The maximum Gasteiger partial charge on any atom is 0.109 e. The first-order chi connectivity index (χ1) is 8.29. The fourth-order valence-corrected chi connectivity index (χ4v) is 3.27. The number of nitrogens with one attached hydrogen (secondary N) is 2. The van der Waals surface area contributed by atoms with Crippen molar-refractivity contribution in [3.8, 4) is 0 Å². The van der Waals surface area contributed by atoms with Gasteiger partial charge in [-0.2, -0.15) is 0 Å². The van der Waals surface area contributed by atoms with E-state index in [0.29, 0.717) is 12.1 Å². The van der Waals surface area contributed by atoms with Gasteiger partial charge >= 0.3 is 0 Å². The smallest absolute Gasteiger partial charge is 0.109 e. The van der Waals surface area contributed by atoms with E-state index in [2.05, 4.69) is 34.8 Å². The quantitative estimate of drug-likeness (QED) is 0.847. The molecule has 1 aliphatic rings. The second kappa shape index (κ2) is 6.47. The zero-order valence-corrected chi connectivity index (χ0v) is 11.6. The highest BCUT2D eigenvalue weighted by Crippen LogP contribution is 2.20. The molecule has 2 heterocycles. The summed E-state index contributed by atoms with van der Waals surface area (Å²) in [5.74, 6) is 0.864. The van der Waals surface area contributed by atoms with Crippen LogP contribution in [0.25, 0.3) is 0 Å². The molecule has 2 N–H and O–H groups in total. The zero-order valence-electron chi connectivity index (χ0n) is 10.8. The molecule has 0 spiro atoms. The lowest BCUT2D eigenvalue weighted by atomic mass is 9.94. The van der Waals surface area contributed by atoms with Crippen molar-refractivity contribution in [2.75, 3.05) is 13.1 Å². The zero-order chi connectivity index (χ0) is 12.1. The molecule has 4 heteroatoms. The Labute approximate surface area is 108 Å². The molecule has 1 fully saturated rings. The van der Waals surface area contributed by atoms with Crippen LogP contribution in [0.3, 0.4) is 0 Å². The molecule has 3 nitrogen and oxygen atoms in total. The molecule has 1 aromatic rings. The molecule has 3 unspecified atom stereocenters. The summed E-state index contributed by atoms with van der Waals surface area (Å²) in [5.41, 5.74) is 0. The highest BCUT2D eigenvalue weighted by Gasteiger charge is 2.19. The van der Waals surface area contributed by atoms with Crippen LogP contribution in [-0.2, 0) is 0 Å². The molecule has 2 rings (SSSR count). The monoisotopic (exact) mass is 253 g/mol. The minimum Gasteiger partial charge on any atom is -0.313 e. The van der Waals surface area contributed by atoms with Crippen molar-refractivity contribution in [1.29, 1.82) is 0 Å². The van der Waals surface area contributed by atoms with E-state index < -0.39 is 0 Å². The summed E-state index contributed by atoms with van der Waals surface area (Å²) in [6.07, 6.45) is 5.61. The highest BCUT2D eigenvalue weighted by molar-refractivity contribution is 7.09. The molecule has 17 heavy (non-hydrogen) atoms. The Hall–Kier alpha value is -0.450. The third kappa shape index (κ3) is 3.76. The van der Waals surface area contributed by atoms with Crippen molar-refractivity contribution < 1.29 is 0 Å². The summed E-state index contributed by atoms with van der Waals surface area (Å²) in [6, 6.07) is 1.06. The first-order valence-corrected chi connectivity index (χ1v) is 7.53. The summed E-state index contributed by atoms with van der Waals surface area (Å²) in [4.78, 5) is 4.40. The summed E-state index contributed by atoms with van der Waals surface area (Å²) < 4.78 is 0. The largest absolute Gasteiger partial charge is 0.313 e. The number of nitrogens with zero attached hydrogens (tertiary/aromatic N) is 1. The summed E-state index contributed by atoms with van der Waals surface area (Å²) in [7, 11) is 0. The van der Waals surface area contributed by atoms with Crippen molar-refractivity contribution >= 4 is 11.3 Å². The second-order valence-electron chi connectivity index (χ2n) is 5.02. The average molecular weight is 253 g/mol. The Morgan fingerprint density at radius 1 is 1.65 bits per heavy atom. The molecule has 1 saturated heterocycles. The molecular formula is C13H23N3S. The summed E-state index contributed by atoms with van der Waals surface area (Å²) >= 11 is 1.75. The fourth-order valence-electron chi connectivity index (χ4n) is 2.47. The fraction of sp³-hybridized carbons (Fsp3) is 0.769. The molecule has 0 aromatic carbocycles. The molecule has 0 amide bonds. The average Bonchev–Trinajstić information content (AvgIpc) is 2.84. The third-order valence-electron chi connectivity index (χ3n) is 3.53. The Balaban J connectivity index is 1.80. The first-order valence-electron chi connectivity index (χ1n) is 6.65. The van der Waals surface area contributed by atoms with Crippen LogP contribution < -0.4 is 10.6 Å². The number of thiazole rings is 1. The van der Waals surface area contributed by atoms with Crippen LogP contribution in [-0.4, -0.2) is 24.1 Å². The van der Waals surface area contributed by atoms with Crippen molar-refractivity contribution in [2.45, 2.75) is 45.2 Å². The highest BCUT2D eigenvalue weighted by atomic mass is 32.1. The molecule has 0 aliphatic carbocycles. The van der Waals surface area contributed by atoms with E-state index in [0.717, 1.165) is 18.9 Å². The van der Waals surface area contributed by atoms with E-state index in [1.54, 1.807) is 11.3 Å². The third-order valence-corrected chi connectivity index (χ3v) is 4.41. The minimum absolute atomic E-state index is 0.425. The van der Waals surface area contributed by atoms with E-state index in [1.807, 2.05) is 6.20 Å². The topological polar surface area (TPSA) is 37.0 Å². The van der Waals surface area contributed by atoms with E-state index in [4.69, 9.17) is 0 Å². The Kier molecular flexibility index (Phi) is 4.95. The maximum absolute atomic E-state index is 4.40. The minimum atomic E-state index is 0.425. The van der Waals surface area contributed by atoms with Crippen LogP contribution in [0.1, 0.15) is 44.2 Å². The Morgan fingerprint density at radius 3 is 3.18 bits per heavy atom. The van der Waals surface area contributed by atoms with Crippen molar-refractivity contribution in [3.63, 3.8) is 0 Å². The number of aromatic nitrogens is 1. The van der Waals surface area contributed by atoms with Gasteiger partial charge in [0.2, 0.25) is 0 Å². The van der Waals surface area contributed by atoms with E-state index >= 15 is 0 Å². The molecule has 1 aromatic heterocycles. The first kappa shape index (κ1) is 13.0. The second-order valence-corrected chi connectivity index (χ2v) is 5.95. The van der Waals surface area contributed by atoms with Crippen LogP contribution in [0.4, 0.5) is 0 Å². The van der Waals surface area contributed by atoms with Gasteiger partial charge in [0.15, 0.2) is 0 Å². The van der Waals surface area contributed by atoms with E-state index in [-0.39, 0.29) is 0 Å². The van der Waals surface area contributed by atoms with Crippen LogP contribution in [0.15, 0.2) is 11.6 Å². The number of piperidine rings is 1.